The average Bonchev–Trinajstić information content (AvgIpc) is 2.94. The first-order valence-electron chi connectivity index (χ1n) is 5.43. The maximum atomic E-state index is 12.1. The normalized spacial score (nSPS) is 46.9. The molecule has 4 aliphatic rings. The predicted molar refractivity (Wildman–Crippen MR) is 53.2 cm³/mol. The minimum Gasteiger partial charge on any atom is -0.361 e. The van der Waals surface area contributed by atoms with Gasteiger partial charge in [0, 0.05) is 17.8 Å². The van der Waals surface area contributed by atoms with Gasteiger partial charge < -0.3 is 4.74 Å². The molecule has 4 atom stereocenters. The lowest BCUT2D eigenvalue weighted by molar-refractivity contribution is -0.140. The van der Waals surface area contributed by atoms with Gasteiger partial charge in [-0.15, -0.1) is 0 Å². The number of ether oxygens (including phenoxy) is 1. The average molecular weight is 206 g/mol. The van der Waals surface area contributed by atoms with Crippen molar-refractivity contribution in [2.45, 2.75) is 25.9 Å². The molecule has 1 heterocycles. The molecule has 1 aliphatic heterocycles. The third-order valence-corrected chi connectivity index (χ3v) is 4.18. The van der Waals surface area contributed by atoms with Crippen LogP contribution in [0.5, 0.6) is 0 Å². The quantitative estimate of drug-likeness (QED) is 0.477. The van der Waals surface area contributed by atoms with Crippen LogP contribution < -0.4 is 0 Å². The van der Waals surface area contributed by atoms with Crippen LogP contribution in [0.4, 0.5) is 0 Å². The van der Waals surface area contributed by atoms with Crippen LogP contribution in [0.15, 0.2) is 11.6 Å². The summed E-state index contributed by atoms with van der Waals surface area (Å²) in [5.74, 6) is 0.127. The molecule has 15 heavy (non-hydrogen) atoms. The summed E-state index contributed by atoms with van der Waals surface area (Å²) in [4.78, 5) is 23.6. The molecular formula is C12H14O3. The van der Waals surface area contributed by atoms with E-state index in [0.29, 0.717) is 6.61 Å². The summed E-state index contributed by atoms with van der Waals surface area (Å²) in [6.07, 6.45) is 2.78. The van der Waals surface area contributed by atoms with E-state index in [9.17, 15) is 9.59 Å². The van der Waals surface area contributed by atoms with Crippen LogP contribution in [-0.4, -0.2) is 23.8 Å². The number of fused-ring (bicyclic) bond motifs is 1. The molecule has 0 aromatic heterocycles. The zero-order valence-electron chi connectivity index (χ0n) is 8.95. The Morgan fingerprint density at radius 2 is 2.27 bits per heavy atom. The number of carbonyl (C=O) groups excluding carboxylic acids is 2. The second kappa shape index (κ2) is 2.59. The van der Waals surface area contributed by atoms with Crippen molar-refractivity contribution in [1.29, 1.82) is 0 Å². The van der Waals surface area contributed by atoms with Gasteiger partial charge in [-0.2, -0.15) is 0 Å². The largest absolute Gasteiger partial charge is 0.361 e. The van der Waals surface area contributed by atoms with E-state index in [1.165, 1.54) is 5.57 Å². The summed E-state index contributed by atoms with van der Waals surface area (Å²) in [5.41, 5.74) is 0.713. The van der Waals surface area contributed by atoms with Crippen LogP contribution >= 0.6 is 0 Å². The maximum absolute atomic E-state index is 12.1. The molecule has 3 aliphatic carbocycles. The highest BCUT2D eigenvalue weighted by molar-refractivity contribution is 6.00. The van der Waals surface area contributed by atoms with Gasteiger partial charge >= 0.3 is 0 Å². The van der Waals surface area contributed by atoms with Gasteiger partial charge in [-0.05, 0) is 20.3 Å². The first-order valence-corrected chi connectivity index (χ1v) is 5.43. The van der Waals surface area contributed by atoms with Crippen molar-refractivity contribution >= 4 is 11.6 Å². The molecule has 0 radical (unpaired) electrons. The fraction of sp³-hybridized carbons (Fsp3) is 0.667. The Labute approximate surface area is 88.5 Å². The van der Waals surface area contributed by atoms with Gasteiger partial charge in [0.2, 0.25) is 0 Å². The van der Waals surface area contributed by atoms with Gasteiger partial charge in [0.1, 0.15) is 5.78 Å². The Balaban J connectivity index is 2.05. The molecule has 1 saturated heterocycles. The molecule has 0 N–H and O–H groups in total. The number of hydrogen-bond acceptors (Lipinski definition) is 3. The van der Waals surface area contributed by atoms with E-state index in [-0.39, 0.29) is 29.3 Å². The summed E-state index contributed by atoms with van der Waals surface area (Å²) in [6.45, 7) is 4.19. The lowest BCUT2D eigenvalue weighted by Gasteiger charge is -2.42. The second-order valence-corrected chi connectivity index (χ2v) is 4.98. The molecule has 3 nitrogen and oxygen atoms in total. The Hall–Kier alpha value is -0.960. The Kier molecular flexibility index (Phi) is 1.60. The maximum Gasteiger partial charge on any atom is 0.175 e. The topological polar surface area (TPSA) is 46.7 Å². The summed E-state index contributed by atoms with van der Waals surface area (Å²) >= 11 is 0. The molecule has 1 spiro atoms. The number of ketones is 2. The second-order valence-electron chi connectivity index (χ2n) is 4.98. The number of hydrogen-bond donors (Lipinski definition) is 0. The standard InChI is InChI=1S/C12H14O3/c1-6-3-9-8(7(2)13)4-10(6)12(5-15-12)11(9)14/h3,8-10H,4-5H2,1-2H3. The minimum atomic E-state index is -0.518. The van der Waals surface area contributed by atoms with Crippen LogP contribution in [0.25, 0.3) is 0 Å². The van der Waals surface area contributed by atoms with Crippen molar-refractivity contribution in [3.63, 3.8) is 0 Å². The van der Waals surface area contributed by atoms with Crippen molar-refractivity contribution in [3.8, 4) is 0 Å². The molecular weight excluding hydrogens is 192 g/mol. The first kappa shape index (κ1) is 9.28. The molecule has 0 aromatic carbocycles. The molecule has 4 rings (SSSR count). The number of carbonyl (C=O) groups is 2. The molecule has 3 heteroatoms. The zero-order chi connectivity index (χ0) is 10.8. The van der Waals surface area contributed by atoms with Crippen LogP contribution in [0.2, 0.25) is 0 Å². The van der Waals surface area contributed by atoms with Gasteiger partial charge in [-0.1, -0.05) is 11.6 Å². The number of Topliss-reactive ketones (excluding diaryl/α,β-unsaturated/α-hetero) is 2. The van der Waals surface area contributed by atoms with Crippen molar-refractivity contribution in [2.24, 2.45) is 17.8 Å². The van der Waals surface area contributed by atoms with E-state index in [2.05, 4.69) is 0 Å². The summed E-state index contributed by atoms with van der Waals surface area (Å²) in [7, 11) is 0. The van der Waals surface area contributed by atoms with Crippen LogP contribution in [0.1, 0.15) is 20.3 Å². The van der Waals surface area contributed by atoms with E-state index < -0.39 is 5.60 Å². The lowest BCUT2D eigenvalue weighted by Crippen LogP contribution is -2.52. The van der Waals surface area contributed by atoms with Crippen molar-refractivity contribution in [1.82, 2.24) is 0 Å². The van der Waals surface area contributed by atoms with E-state index in [4.69, 9.17) is 4.74 Å². The molecule has 0 aromatic rings. The lowest BCUT2D eigenvalue weighted by atomic mass is 9.59. The van der Waals surface area contributed by atoms with E-state index >= 15 is 0 Å². The Morgan fingerprint density at radius 1 is 1.60 bits per heavy atom. The van der Waals surface area contributed by atoms with Crippen LogP contribution in [-0.2, 0) is 14.3 Å². The Bertz CT molecular complexity index is 390. The van der Waals surface area contributed by atoms with Crippen molar-refractivity contribution < 1.29 is 14.3 Å². The monoisotopic (exact) mass is 206 g/mol. The molecule has 4 unspecified atom stereocenters. The first-order chi connectivity index (χ1) is 7.06. The highest BCUT2D eigenvalue weighted by Gasteiger charge is 2.66. The van der Waals surface area contributed by atoms with Gasteiger partial charge in [0.05, 0.1) is 6.61 Å². The third-order valence-electron chi connectivity index (χ3n) is 4.18. The molecule has 80 valence electrons. The van der Waals surface area contributed by atoms with Gasteiger partial charge in [-0.3, -0.25) is 9.59 Å². The molecule has 1 saturated carbocycles. The van der Waals surface area contributed by atoms with Gasteiger partial charge in [-0.25, -0.2) is 0 Å². The van der Waals surface area contributed by atoms with Crippen LogP contribution in [0, 0.1) is 17.8 Å². The van der Waals surface area contributed by atoms with Crippen molar-refractivity contribution in [3.05, 3.63) is 11.6 Å². The van der Waals surface area contributed by atoms with E-state index in [1.807, 2.05) is 13.0 Å². The predicted octanol–water partition coefficient (Wildman–Crippen LogP) is 1.13. The summed E-state index contributed by atoms with van der Waals surface area (Å²) in [5, 5.41) is 0. The van der Waals surface area contributed by atoms with E-state index in [1.54, 1.807) is 6.92 Å². The third kappa shape index (κ3) is 0.991. The smallest absolute Gasteiger partial charge is 0.175 e. The van der Waals surface area contributed by atoms with E-state index in [0.717, 1.165) is 6.42 Å². The fourth-order valence-corrected chi connectivity index (χ4v) is 3.21. The molecule has 0 amide bonds. The highest BCUT2D eigenvalue weighted by Crippen LogP contribution is 2.54. The molecule has 2 fully saturated rings. The number of epoxide rings is 1. The van der Waals surface area contributed by atoms with Crippen molar-refractivity contribution in [2.75, 3.05) is 6.61 Å². The summed E-state index contributed by atoms with van der Waals surface area (Å²) < 4.78 is 5.38. The zero-order valence-corrected chi connectivity index (χ0v) is 8.95. The number of rotatable bonds is 1. The van der Waals surface area contributed by atoms with Crippen LogP contribution in [0.3, 0.4) is 0 Å². The Morgan fingerprint density at radius 3 is 2.80 bits per heavy atom. The van der Waals surface area contributed by atoms with Gasteiger partial charge in [0.25, 0.3) is 0 Å². The number of allylic oxidation sites excluding steroid dienone is 1. The fourth-order valence-electron chi connectivity index (χ4n) is 3.21. The van der Waals surface area contributed by atoms with Gasteiger partial charge in [0.15, 0.2) is 11.4 Å². The minimum absolute atomic E-state index is 0.0963. The SMILES string of the molecule is CC(=O)C1CC2C(C)=CC1C(=O)C21CO1. The molecule has 2 bridgehead atoms. The highest BCUT2D eigenvalue weighted by atomic mass is 16.6. The summed E-state index contributed by atoms with van der Waals surface area (Å²) in [6, 6.07) is 0.